The Kier molecular flexibility index (Phi) is 4.67. The van der Waals surface area contributed by atoms with Gasteiger partial charge in [-0.05, 0) is 19.3 Å². The van der Waals surface area contributed by atoms with Gasteiger partial charge in [0.1, 0.15) is 0 Å². The summed E-state index contributed by atoms with van der Waals surface area (Å²) in [7, 11) is -4.85. The lowest BCUT2D eigenvalue weighted by atomic mass is 9.90. The normalized spacial score (nSPS) is 17.5. The average molecular weight is 254 g/mol. The van der Waals surface area contributed by atoms with Crippen molar-refractivity contribution in [1.82, 2.24) is 0 Å². The highest BCUT2D eigenvalue weighted by atomic mass is 31.2. The van der Waals surface area contributed by atoms with E-state index >= 15 is 0 Å². The fraction of sp³-hybridized carbons (Fsp3) is 0.750. The van der Waals surface area contributed by atoms with Crippen molar-refractivity contribution in [2.24, 2.45) is 5.92 Å². The summed E-state index contributed by atoms with van der Waals surface area (Å²) in [6.07, 6.45) is -0.437. The molecule has 8 heteroatoms. The summed E-state index contributed by atoms with van der Waals surface area (Å²) < 4.78 is 11.1. The van der Waals surface area contributed by atoms with Crippen molar-refractivity contribution < 1.29 is 34.2 Å². The third-order valence-corrected chi connectivity index (χ3v) is 4.63. The van der Waals surface area contributed by atoms with Gasteiger partial charge in [0.05, 0.1) is 0 Å². The number of carboxylic acids is 2. The highest BCUT2D eigenvalue weighted by molar-refractivity contribution is 7.54. The summed E-state index contributed by atoms with van der Waals surface area (Å²) in [6, 6.07) is 0. The van der Waals surface area contributed by atoms with Gasteiger partial charge >= 0.3 is 19.5 Å². The lowest BCUT2D eigenvalue weighted by Gasteiger charge is -2.31. The van der Waals surface area contributed by atoms with Gasteiger partial charge in [-0.1, -0.05) is 6.92 Å². The molecule has 0 heterocycles. The predicted molar refractivity (Wildman–Crippen MR) is 54.1 cm³/mol. The van der Waals surface area contributed by atoms with Gasteiger partial charge in [-0.25, -0.2) is 0 Å². The Hall–Kier alpha value is -0.910. The molecule has 7 nitrogen and oxygen atoms in total. The standard InChI is InChI=1S/C8H15O7P/c1-5(3-4-6(9)10)8(2,7(11)12)16(13,14)15/h5H,3-4H2,1-2H3,(H,9,10)(H,11,12)(H2,13,14,15). The molecule has 2 atom stereocenters. The Morgan fingerprint density at radius 2 is 1.75 bits per heavy atom. The zero-order valence-electron chi connectivity index (χ0n) is 8.95. The predicted octanol–water partition coefficient (Wildman–Crippen LogP) is 0.508. The van der Waals surface area contributed by atoms with E-state index in [-0.39, 0.29) is 12.8 Å². The minimum atomic E-state index is -4.85. The van der Waals surface area contributed by atoms with E-state index in [9.17, 15) is 14.2 Å². The van der Waals surface area contributed by atoms with Crippen LogP contribution in [0.1, 0.15) is 26.7 Å². The molecule has 0 rings (SSSR count). The van der Waals surface area contributed by atoms with Crippen LogP contribution in [0.25, 0.3) is 0 Å². The topological polar surface area (TPSA) is 132 Å². The lowest BCUT2D eigenvalue weighted by molar-refractivity contribution is -0.143. The van der Waals surface area contributed by atoms with Crippen molar-refractivity contribution in [3.8, 4) is 0 Å². The van der Waals surface area contributed by atoms with E-state index in [1.165, 1.54) is 6.92 Å². The third-order valence-electron chi connectivity index (χ3n) is 2.79. The maximum Gasteiger partial charge on any atom is 0.342 e. The van der Waals surface area contributed by atoms with Crippen molar-refractivity contribution in [2.45, 2.75) is 31.8 Å². The molecule has 0 radical (unpaired) electrons. The van der Waals surface area contributed by atoms with Gasteiger partial charge in [0, 0.05) is 6.42 Å². The average Bonchev–Trinajstić information content (AvgIpc) is 2.10. The molecule has 4 N–H and O–H groups in total. The zero-order valence-corrected chi connectivity index (χ0v) is 9.85. The first-order valence-corrected chi connectivity index (χ1v) is 6.15. The minimum absolute atomic E-state index is 0.108. The van der Waals surface area contributed by atoms with Gasteiger partial charge in [0.2, 0.25) is 0 Å². The summed E-state index contributed by atoms with van der Waals surface area (Å²) in [5.41, 5.74) is 0. The van der Waals surface area contributed by atoms with E-state index in [0.29, 0.717) is 0 Å². The van der Waals surface area contributed by atoms with Crippen molar-refractivity contribution >= 4 is 19.5 Å². The van der Waals surface area contributed by atoms with Crippen molar-refractivity contribution in [1.29, 1.82) is 0 Å². The maximum atomic E-state index is 11.1. The van der Waals surface area contributed by atoms with Gasteiger partial charge in [-0.3, -0.25) is 14.2 Å². The van der Waals surface area contributed by atoms with E-state index in [0.717, 1.165) is 6.92 Å². The van der Waals surface area contributed by atoms with Crippen LogP contribution in [0.15, 0.2) is 0 Å². The Morgan fingerprint density at radius 1 is 1.31 bits per heavy atom. The first kappa shape index (κ1) is 15.1. The molecular weight excluding hydrogens is 239 g/mol. The molecule has 0 aliphatic rings. The Morgan fingerprint density at radius 3 is 2.00 bits per heavy atom. The van der Waals surface area contributed by atoms with E-state index in [4.69, 9.17) is 20.0 Å². The highest BCUT2D eigenvalue weighted by Gasteiger charge is 2.53. The van der Waals surface area contributed by atoms with E-state index in [2.05, 4.69) is 0 Å². The second-order valence-corrected chi connectivity index (χ2v) is 5.85. The smallest absolute Gasteiger partial charge is 0.342 e. The molecule has 0 aromatic rings. The molecule has 0 amide bonds. The van der Waals surface area contributed by atoms with Gasteiger partial charge in [-0.15, -0.1) is 0 Å². The molecule has 0 fully saturated rings. The molecule has 0 aromatic heterocycles. The number of hydrogen-bond acceptors (Lipinski definition) is 3. The van der Waals surface area contributed by atoms with E-state index in [1.54, 1.807) is 0 Å². The van der Waals surface area contributed by atoms with Crippen LogP contribution >= 0.6 is 7.60 Å². The Balaban J connectivity index is 5.01. The molecule has 0 aliphatic carbocycles. The molecule has 2 unspecified atom stereocenters. The maximum absolute atomic E-state index is 11.1. The lowest BCUT2D eigenvalue weighted by Crippen LogP contribution is -2.41. The van der Waals surface area contributed by atoms with Gasteiger partial charge in [0.15, 0.2) is 5.16 Å². The Bertz CT molecular complexity index is 333. The first-order chi connectivity index (χ1) is 7.03. The number of hydrogen-bond donors (Lipinski definition) is 4. The fourth-order valence-corrected chi connectivity index (χ4v) is 2.20. The van der Waals surface area contributed by atoms with Crippen LogP contribution in [0.5, 0.6) is 0 Å². The van der Waals surface area contributed by atoms with E-state index < -0.39 is 30.6 Å². The van der Waals surface area contributed by atoms with Crippen LogP contribution in [0, 0.1) is 5.92 Å². The van der Waals surface area contributed by atoms with Crippen LogP contribution < -0.4 is 0 Å². The SMILES string of the molecule is CC(CCC(=O)O)C(C)(C(=O)O)P(=O)(O)O. The molecule has 0 aliphatic heterocycles. The van der Waals surface area contributed by atoms with Gasteiger partial charge < -0.3 is 20.0 Å². The van der Waals surface area contributed by atoms with Crippen LogP contribution in [0.3, 0.4) is 0 Å². The molecule has 0 aromatic carbocycles. The van der Waals surface area contributed by atoms with E-state index in [1.807, 2.05) is 0 Å². The molecule has 0 saturated heterocycles. The van der Waals surface area contributed by atoms with Gasteiger partial charge in [0.25, 0.3) is 0 Å². The largest absolute Gasteiger partial charge is 0.481 e. The molecular formula is C8H15O7P. The summed E-state index contributed by atoms with van der Waals surface area (Å²) >= 11 is 0. The van der Waals surface area contributed by atoms with Gasteiger partial charge in [-0.2, -0.15) is 0 Å². The van der Waals surface area contributed by atoms with Crippen molar-refractivity contribution in [3.05, 3.63) is 0 Å². The number of carbonyl (C=O) groups is 2. The summed E-state index contributed by atoms with van der Waals surface area (Å²) in [5, 5.41) is 15.0. The van der Waals surface area contributed by atoms with Crippen LogP contribution in [0.2, 0.25) is 0 Å². The molecule has 16 heavy (non-hydrogen) atoms. The molecule has 0 spiro atoms. The van der Waals surface area contributed by atoms with Crippen molar-refractivity contribution in [2.75, 3.05) is 0 Å². The second-order valence-electron chi connectivity index (χ2n) is 3.83. The third kappa shape index (κ3) is 3.04. The van der Waals surface area contributed by atoms with Crippen LogP contribution in [-0.4, -0.2) is 37.1 Å². The number of aliphatic carboxylic acids is 2. The highest BCUT2D eigenvalue weighted by Crippen LogP contribution is 2.55. The van der Waals surface area contributed by atoms with Crippen LogP contribution in [0.4, 0.5) is 0 Å². The zero-order chi connectivity index (χ0) is 13.1. The molecule has 94 valence electrons. The second kappa shape index (κ2) is 4.95. The minimum Gasteiger partial charge on any atom is -0.481 e. The summed E-state index contributed by atoms with van der Waals surface area (Å²) in [6.45, 7) is 2.25. The molecule has 0 saturated carbocycles. The number of rotatable bonds is 6. The Labute approximate surface area is 92.3 Å². The first-order valence-electron chi connectivity index (χ1n) is 4.54. The van der Waals surface area contributed by atoms with Crippen LogP contribution in [-0.2, 0) is 14.2 Å². The summed E-state index contributed by atoms with van der Waals surface area (Å²) in [5.74, 6) is -3.70. The molecule has 0 bridgehead atoms. The monoisotopic (exact) mass is 254 g/mol. The summed E-state index contributed by atoms with van der Waals surface area (Å²) in [4.78, 5) is 39.3. The fourth-order valence-electron chi connectivity index (χ4n) is 1.24. The van der Waals surface area contributed by atoms with Crippen molar-refractivity contribution in [3.63, 3.8) is 0 Å². The quantitative estimate of drug-likeness (QED) is 0.507. The number of carboxylic acid groups (broad SMARTS) is 2.